The number of nitrogens with one attached hydrogen (secondary N) is 1. The van der Waals surface area contributed by atoms with Crippen molar-refractivity contribution in [3.63, 3.8) is 0 Å². The third-order valence-corrected chi connectivity index (χ3v) is 3.01. The van der Waals surface area contributed by atoms with Crippen LogP contribution in [0.2, 0.25) is 0 Å². The standard InChI is InChI=1S/C15H23FN2O2/c1-10(2)7-13(15(20)18(3)4)17-9-11-5-6-14(19)12(16)8-11/h5-6,8,10,13,17,19H,7,9H2,1-4H3. The van der Waals surface area contributed by atoms with E-state index in [2.05, 4.69) is 19.2 Å². The number of nitrogens with zero attached hydrogens (tertiary/aromatic N) is 1. The molecule has 0 aliphatic rings. The predicted molar refractivity (Wildman–Crippen MR) is 76.8 cm³/mol. The van der Waals surface area contributed by atoms with Crippen molar-refractivity contribution in [2.24, 2.45) is 5.92 Å². The first-order valence-electron chi connectivity index (χ1n) is 6.73. The van der Waals surface area contributed by atoms with Crippen molar-refractivity contribution < 1.29 is 14.3 Å². The second-order valence-electron chi connectivity index (χ2n) is 5.58. The van der Waals surface area contributed by atoms with Crippen molar-refractivity contribution in [2.45, 2.75) is 32.9 Å². The Bertz CT molecular complexity index is 461. The van der Waals surface area contributed by atoms with E-state index < -0.39 is 5.82 Å². The maximum atomic E-state index is 13.2. The van der Waals surface area contributed by atoms with Crippen LogP contribution in [0.15, 0.2) is 18.2 Å². The normalized spacial score (nSPS) is 12.5. The van der Waals surface area contributed by atoms with E-state index in [1.807, 2.05) is 0 Å². The number of halogens is 1. The summed E-state index contributed by atoms with van der Waals surface area (Å²) in [5.74, 6) is -0.619. The molecular formula is C15H23FN2O2. The second kappa shape index (κ2) is 7.24. The largest absolute Gasteiger partial charge is 0.505 e. The fraction of sp³-hybridized carbons (Fsp3) is 0.533. The predicted octanol–water partition coefficient (Wildman–Crippen LogP) is 2.12. The molecule has 0 aliphatic heterocycles. The van der Waals surface area contributed by atoms with Crippen LogP contribution in [0.1, 0.15) is 25.8 Å². The highest BCUT2D eigenvalue weighted by molar-refractivity contribution is 5.81. The molecule has 20 heavy (non-hydrogen) atoms. The van der Waals surface area contributed by atoms with Gasteiger partial charge in [0.05, 0.1) is 6.04 Å². The molecule has 5 heteroatoms. The van der Waals surface area contributed by atoms with Gasteiger partial charge in [0, 0.05) is 20.6 Å². The van der Waals surface area contributed by atoms with Gasteiger partial charge in [0.15, 0.2) is 11.6 Å². The van der Waals surface area contributed by atoms with Gasteiger partial charge < -0.3 is 15.3 Å². The molecule has 1 atom stereocenters. The molecule has 0 bridgehead atoms. The van der Waals surface area contributed by atoms with Gasteiger partial charge in [0.25, 0.3) is 0 Å². The topological polar surface area (TPSA) is 52.6 Å². The van der Waals surface area contributed by atoms with Crippen LogP contribution >= 0.6 is 0 Å². The van der Waals surface area contributed by atoms with Crippen molar-refractivity contribution >= 4 is 5.91 Å². The summed E-state index contributed by atoms with van der Waals surface area (Å²) in [6.45, 7) is 4.49. The Morgan fingerprint density at radius 3 is 2.55 bits per heavy atom. The third-order valence-electron chi connectivity index (χ3n) is 3.01. The summed E-state index contributed by atoms with van der Waals surface area (Å²) in [5, 5.41) is 12.3. The summed E-state index contributed by atoms with van der Waals surface area (Å²) in [7, 11) is 3.44. The van der Waals surface area contributed by atoms with E-state index in [-0.39, 0.29) is 17.7 Å². The van der Waals surface area contributed by atoms with Crippen molar-refractivity contribution in [1.82, 2.24) is 10.2 Å². The molecule has 1 amide bonds. The smallest absolute Gasteiger partial charge is 0.239 e. The van der Waals surface area contributed by atoms with E-state index in [0.717, 1.165) is 6.42 Å². The summed E-state index contributed by atoms with van der Waals surface area (Å²) in [5.41, 5.74) is 0.695. The number of rotatable bonds is 6. The number of phenols is 1. The molecule has 0 saturated carbocycles. The Morgan fingerprint density at radius 1 is 1.40 bits per heavy atom. The molecule has 1 unspecified atom stereocenters. The molecule has 0 saturated heterocycles. The van der Waals surface area contributed by atoms with Gasteiger partial charge in [-0.15, -0.1) is 0 Å². The third kappa shape index (κ3) is 4.81. The fourth-order valence-electron chi connectivity index (χ4n) is 1.96. The van der Waals surface area contributed by atoms with Crippen molar-refractivity contribution in [3.8, 4) is 5.75 Å². The van der Waals surface area contributed by atoms with Gasteiger partial charge in [-0.1, -0.05) is 19.9 Å². The number of likely N-dealkylation sites (N-methyl/N-ethyl adjacent to an activating group) is 1. The molecule has 4 nitrogen and oxygen atoms in total. The average molecular weight is 282 g/mol. The van der Waals surface area contributed by atoms with Gasteiger partial charge in [-0.2, -0.15) is 0 Å². The van der Waals surface area contributed by atoms with E-state index >= 15 is 0 Å². The summed E-state index contributed by atoms with van der Waals surface area (Å²) < 4.78 is 13.2. The lowest BCUT2D eigenvalue weighted by atomic mass is 10.0. The zero-order valence-electron chi connectivity index (χ0n) is 12.5. The number of benzene rings is 1. The molecular weight excluding hydrogens is 259 g/mol. The number of hydrogen-bond donors (Lipinski definition) is 2. The first-order valence-corrected chi connectivity index (χ1v) is 6.73. The minimum Gasteiger partial charge on any atom is -0.505 e. The lowest BCUT2D eigenvalue weighted by Gasteiger charge is -2.23. The van der Waals surface area contributed by atoms with Crippen LogP contribution in [0.5, 0.6) is 5.75 Å². The second-order valence-corrected chi connectivity index (χ2v) is 5.58. The summed E-state index contributed by atoms with van der Waals surface area (Å²) in [6, 6.07) is 3.94. The van der Waals surface area contributed by atoms with Crippen LogP contribution in [-0.4, -0.2) is 36.1 Å². The SMILES string of the molecule is CC(C)CC(NCc1ccc(O)c(F)c1)C(=O)N(C)C. The van der Waals surface area contributed by atoms with E-state index in [1.165, 1.54) is 12.1 Å². The fourth-order valence-corrected chi connectivity index (χ4v) is 1.96. The van der Waals surface area contributed by atoms with Crippen molar-refractivity contribution in [2.75, 3.05) is 14.1 Å². The maximum absolute atomic E-state index is 13.2. The number of aromatic hydroxyl groups is 1. The molecule has 112 valence electrons. The minimum atomic E-state index is -0.649. The van der Waals surface area contributed by atoms with Crippen LogP contribution in [0.25, 0.3) is 0 Å². The van der Waals surface area contributed by atoms with Gasteiger partial charge in [-0.05, 0) is 30.0 Å². The van der Waals surface area contributed by atoms with Gasteiger partial charge >= 0.3 is 0 Å². The first kappa shape index (κ1) is 16.4. The highest BCUT2D eigenvalue weighted by atomic mass is 19.1. The number of carbonyl (C=O) groups excluding carboxylic acids is 1. The van der Waals surface area contributed by atoms with Gasteiger partial charge in [-0.3, -0.25) is 4.79 Å². The van der Waals surface area contributed by atoms with E-state index in [1.54, 1.807) is 25.1 Å². The maximum Gasteiger partial charge on any atom is 0.239 e. The molecule has 2 N–H and O–H groups in total. The molecule has 1 rings (SSSR count). The molecule has 0 heterocycles. The number of carbonyl (C=O) groups is 1. The van der Waals surface area contributed by atoms with Gasteiger partial charge in [-0.25, -0.2) is 4.39 Å². The summed E-state index contributed by atoms with van der Waals surface area (Å²) in [6.07, 6.45) is 0.720. The van der Waals surface area contributed by atoms with E-state index in [0.29, 0.717) is 18.0 Å². The molecule has 1 aromatic carbocycles. The van der Waals surface area contributed by atoms with E-state index in [9.17, 15) is 9.18 Å². The Morgan fingerprint density at radius 2 is 2.05 bits per heavy atom. The monoisotopic (exact) mass is 282 g/mol. The van der Waals surface area contributed by atoms with Crippen molar-refractivity contribution in [1.29, 1.82) is 0 Å². The Labute approximate surface area is 119 Å². The lowest BCUT2D eigenvalue weighted by molar-refractivity contribution is -0.131. The summed E-state index contributed by atoms with van der Waals surface area (Å²) >= 11 is 0. The number of amides is 1. The zero-order valence-corrected chi connectivity index (χ0v) is 12.5. The van der Waals surface area contributed by atoms with Crippen LogP contribution in [0.3, 0.4) is 0 Å². The molecule has 0 fully saturated rings. The number of phenolic OH excluding ortho intramolecular Hbond substituents is 1. The highest BCUT2D eigenvalue weighted by Gasteiger charge is 2.20. The zero-order chi connectivity index (χ0) is 15.3. The molecule has 1 aromatic rings. The average Bonchev–Trinajstić information content (AvgIpc) is 2.37. The molecule has 0 aliphatic carbocycles. The van der Waals surface area contributed by atoms with Crippen molar-refractivity contribution in [3.05, 3.63) is 29.6 Å². The van der Waals surface area contributed by atoms with Gasteiger partial charge in [0.1, 0.15) is 0 Å². The minimum absolute atomic E-state index is 0.0120. The number of hydrogen-bond acceptors (Lipinski definition) is 3. The molecule has 0 spiro atoms. The first-order chi connectivity index (χ1) is 9.31. The Kier molecular flexibility index (Phi) is 5.95. The van der Waals surface area contributed by atoms with E-state index in [4.69, 9.17) is 5.11 Å². The Hall–Kier alpha value is -1.62. The van der Waals surface area contributed by atoms with Gasteiger partial charge in [0.2, 0.25) is 5.91 Å². The van der Waals surface area contributed by atoms with Crippen LogP contribution in [0.4, 0.5) is 4.39 Å². The van der Waals surface area contributed by atoms with Crippen LogP contribution in [-0.2, 0) is 11.3 Å². The van der Waals surface area contributed by atoms with Crippen LogP contribution in [0, 0.1) is 11.7 Å². The molecule has 0 radical (unpaired) electrons. The quantitative estimate of drug-likeness (QED) is 0.840. The Balaban J connectivity index is 2.70. The molecule has 0 aromatic heterocycles. The highest BCUT2D eigenvalue weighted by Crippen LogP contribution is 2.16. The lowest BCUT2D eigenvalue weighted by Crippen LogP contribution is -2.44. The summed E-state index contributed by atoms with van der Waals surface area (Å²) in [4.78, 5) is 13.6. The van der Waals surface area contributed by atoms with Crippen LogP contribution < -0.4 is 5.32 Å².